The SMILES string of the molecule is CC[C@H](C)Nc1nc(NC(=O)c2cccc(N)c2)cc(-c2ccccn2)n1. The topological polar surface area (TPSA) is 106 Å². The van der Waals surface area contributed by atoms with Gasteiger partial charge in [0.2, 0.25) is 5.95 Å². The maximum absolute atomic E-state index is 12.5. The number of anilines is 3. The molecule has 0 aliphatic heterocycles. The highest BCUT2D eigenvalue weighted by Crippen LogP contribution is 2.21. The molecule has 138 valence electrons. The third-order valence-corrected chi connectivity index (χ3v) is 4.03. The molecule has 27 heavy (non-hydrogen) atoms. The van der Waals surface area contributed by atoms with Crippen molar-refractivity contribution in [3.05, 3.63) is 60.3 Å². The summed E-state index contributed by atoms with van der Waals surface area (Å²) in [6.45, 7) is 4.12. The molecule has 0 bridgehead atoms. The van der Waals surface area contributed by atoms with Crippen LogP contribution in [-0.4, -0.2) is 26.9 Å². The van der Waals surface area contributed by atoms with E-state index in [1.54, 1.807) is 36.5 Å². The lowest BCUT2D eigenvalue weighted by molar-refractivity contribution is 0.102. The summed E-state index contributed by atoms with van der Waals surface area (Å²) in [5.41, 5.74) is 8.07. The second kappa shape index (κ2) is 8.27. The predicted molar refractivity (Wildman–Crippen MR) is 107 cm³/mol. The number of amides is 1. The number of hydrogen-bond acceptors (Lipinski definition) is 6. The van der Waals surface area contributed by atoms with Crippen LogP contribution in [0.25, 0.3) is 11.4 Å². The largest absolute Gasteiger partial charge is 0.399 e. The highest BCUT2D eigenvalue weighted by molar-refractivity contribution is 6.04. The lowest BCUT2D eigenvalue weighted by Crippen LogP contribution is -2.18. The molecule has 0 spiro atoms. The molecule has 0 saturated heterocycles. The van der Waals surface area contributed by atoms with Crippen molar-refractivity contribution >= 4 is 23.4 Å². The summed E-state index contributed by atoms with van der Waals surface area (Å²) < 4.78 is 0. The van der Waals surface area contributed by atoms with Crippen molar-refractivity contribution in [1.82, 2.24) is 15.0 Å². The number of carbonyl (C=O) groups excluding carboxylic acids is 1. The van der Waals surface area contributed by atoms with Crippen molar-refractivity contribution in [2.24, 2.45) is 0 Å². The third kappa shape index (κ3) is 4.78. The van der Waals surface area contributed by atoms with Crippen molar-refractivity contribution < 1.29 is 4.79 Å². The molecule has 0 aliphatic carbocycles. The number of pyridine rings is 1. The maximum atomic E-state index is 12.5. The van der Waals surface area contributed by atoms with E-state index in [0.717, 1.165) is 6.42 Å². The number of hydrogen-bond donors (Lipinski definition) is 3. The number of benzene rings is 1. The second-order valence-corrected chi connectivity index (χ2v) is 6.21. The van der Waals surface area contributed by atoms with Gasteiger partial charge in [0.1, 0.15) is 5.82 Å². The van der Waals surface area contributed by atoms with Gasteiger partial charge in [-0.1, -0.05) is 19.1 Å². The van der Waals surface area contributed by atoms with Gasteiger partial charge in [0.05, 0.1) is 11.4 Å². The van der Waals surface area contributed by atoms with Crippen LogP contribution in [0.2, 0.25) is 0 Å². The van der Waals surface area contributed by atoms with Gasteiger partial charge in [0.25, 0.3) is 5.91 Å². The lowest BCUT2D eigenvalue weighted by Gasteiger charge is -2.14. The number of rotatable bonds is 6. The van der Waals surface area contributed by atoms with E-state index < -0.39 is 0 Å². The fourth-order valence-corrected chi connectivity index (χ4v) is 2.41. The molecule has 0 fully saturated rings. The standard InChI is InChI=1S/C20H22N6O/c1-3-13(2)23-20-24-17(16-9-4-5-10-22-16)12-18(26-20)25-19(27)14-7-6-8-15(21)11-14/h4-13H,3,21H2,1-2H3,(H2,23,24,25,26,27)/t13-/m0/s1. The van der Waals surface area contributed by atoms with E-state index in [1.165, 1.54) is 0 Å². The lowest BCUT2D eigenvalue weighted by atomic mass is 10.2. The van der Waals surface area contributed by atoms with Crippen LogP contribution in [0.1, 0.15) is 30.6 Å². The minimum atomic E-state index is -0.289. The van der Waals surface area contributed by atoms with E-state index in [4.69, 9.17) is 5.73 Å². The normalized spacial score (nSPS) is 11.6. The van der Waals surface area contributed by atoms with Gasteiger partial charge in [-0.3, -0.25) is 9.78 Å². The van der Waals surface area contributed by atoms with Gasteiger partial charge in [0.15, 0.2) is 0 Å². The Labute approximate surface area is 158 Å². The van der Waals surface area contributed by atoms with Gasteiger partial charge in [-0.15, -0.1) is 0 Å². The number of nitrogens with zero attached hydrogens (tertiary/aromatic N) is 3. The van der Waals surface area contributed by atoms with E-state index in [0.29, 0.717) is 34.4 Å². The van der Waals surface area contributed by atoms with Gasteiger partial charge >= 0.3 is 0 Å². The van der Waals surface area contributed by atoms with E-state index in [9.17, 15) is 4.79 Å². The highest BCUT2D eigenvalue weighted by atomic mass is 16.1. The summed E-state index contributed by atoms with van der Waals surface area (Å²) in [4.78, 5) is 25.8. The Morgan fingerprint density at radius 1 is 1.11 bits per heavy atom. The Hall–Kier alpha value is -3.48. The Morgan fingerprint density at radius 3 is 2.67 bits per heavy atom. The fourth-order valence-electron chi connectivity index (χ4n) is 2.41. The quantitative estimate of drug-likeness (QED) is 0.579. The molecule has 2 aromatic heterocycles. The molecule has 0 aliphatic rings. The first-order valence-corrected chi connectivity index (χ1v) is 8.79. The monoisotopic (exact) mass is 362 g/mol. The molecule has 1 amide bonds. The molecule has 1 atom stereocenters. The first-order valence-electron chi connectivity index (χ1n) is 8.79. The number of aromatic nitrogens is 3. The smallest absolute Gasteiger partial charge is 0.256 e. The first kappa shape index (κ1) is 18.3. The molecule has 0 radical (unpaired) electrons. The van der Waals surface area contributed by atoms with Crippen LogP contribution < -0.4 is 16.4 Å². The molecule has 4 N–H and O–H groups in total. The molecule has 7 heteroatoms. The van der Waals surface area contributed by atoms with Gasteiger partial charge in [-0.25, -0.2) is 4.98 Å². The number of nitrogen functional groups attached to an aromatic ring is 1. The Bertz CT molecular complexity index is 929. The van der Waals surface area contributed by atoms with Gasteiger partial charge in [0, 0.05) is 29.6 Å². The molecule has 7 nitrogen and oxygen atoms in total. The van der Waals surface area contributed by atoms with E-state index in [1.807, 2.05) is 25.1 Å². The Kier molecular flexibility index (Phi) is 5.61. The zero-order valence-corrected chi connectivity index (χ0v) is 15.3. The molecule has 2 heterocycles. The molecule has 3 aromatic rings. The summed E-state index contributed by atoms with van der Waals surface area (Å²) in [5, 5.41) is 6.06. The summed E-state index contributed by atoms with van der Waals surface area (Å²) in [6, 6.07) is 14.3. The molecule has 0 saturated carbocycles. The zero-order valence-electron chi connectivity index (χ0n) is 15.3. The maximum Gasteiger partial charge on any atom is 0.256 e. The van der Waals surface area contributed by atoms with Crippen LogP contribution in [0.3, 0.4) is 0 Å². The van der Waals surface area contributed by atoms with Gasteiger partial charge < -0.3 is 16.4 Å². The number of nitrogens with one attached hydrogen (secondary N) is 2. The number of carbonyl (C=O) groups is 1. The Balaban J connectivity index is 1.93. The van der Waals surface area contributed by atoms with Crippen molar-refractivity contribution in [3.63, 3.8) is 0 Å². The van der Waals surface area contributed by atoms with Crippen LogP contribution in [0.15, 0.2) is 54.7 Å². The van der Waals surface area contributed by atoms with Crippen LogP contribution in [0, 0.1) is 0 Å². The van der Waals surface area contributed by atoms with E-state index in [2.05, 4.69) is 32.5 Å². The highest BCUT2D eigenvalue weighted by Gasteiger charge is 2.12. The summed E-state index contributed by atoms with van der Waals surface area (Å²) in [5.74, 6) is 0.543. The number of nitrogens with two attached hydrogens (primary N) is 1. The van der Waals surface area contributed by atoms with Crippen molar-refractivity contribution in [3.8, 4) is 11.4 Å². The van der Waals surface area contributed by atoms with Crippen LogP contribution in [-0.2, 0) is 0 Å². The Morgan fingerprint density at radius 2 is 1.96 bits per heavy atom. The second-order valence-electron chi connectivity index (χ2n) is 6.21. The van der Waals surface area contributed by atoms with Gasteiger partial charge in [-0.2, -0.15) is 4.98 Å². The van der Waals surface area contributed by atoms with Gasteiger partial charge in [-0.05, 0) is 43.7 Å². The van der Waals surface area contributed by atoms with Crippen LogP contribution >= 0.6 is 0 Å². The predicted octanol–water partition coefficient (Wildman–Crippen LogP) is 3.58. The van der Waals surface area contributed by atoms with Crippen molar-refractivity contribution in [1.29, 1.82) is 0 Å². The average molecular weight is 362 g/mol. The summed E-state index contributed by atoms with van der Waals surface area (Å²) in [7, 11) is 0. The minimum absolute atomic E-state index is 0.196. The minimum Gasteiger partial charge on any atom is -0.399 e. The zero-order chi connectivity index (χ0) is 19.2. The third-order valence-electron chi connectivity index (χ3n) is 4.03. The summed E-state index contributed by atoms with van der Waals surface area (Å²) in [6.07, 6.45) is 2.62. The van der Waals surface area contributed by atoms with Crippen LogP contribution in [0.4, 0.5) is 17.5 Å². The first-order chi connectivity index (χ1) is 13.0. The van der Waals surface area contributed by atoms with Crippen LogP contribution in [0.5, 0.6) is 0 Å². The van der Waals surface area contributed by atoms with E-state index in [-0.39, 0.29) is 11.9 Å². The molecule has 3 rings (SSSR count). The molecule has 0 unspecified atom stereocenters. The summed E-state index contributed by atoms with van der Waals surface area (Å²) >= 11 is 0. The molecular formula is C20H22N6O. The average Bonchev–Trinajstić information content (AvgIpc) is 2.68. The van der Waals surface area contributed by atoms with Crippen molar-refractivity contribution in [2.45, 2.75) is 26.3 Å². The van der Waals surface area contributed by atoms with E-state index >= 15 is 0 Å². The fraction of sp³-hybridized carbons (Fsp3) is 0.200. The molecular weight excluding hydrogens is 340 g/mol. The molecule has 1 aromatic carbocycles. The van der Waals surface area contributed by atoms with Crippen molar-refractivity contribution in [2.75, 3.05) is 16.4 Å².